The molecule has 0 aliphatic heterocycles. The Balaban J connectivity index is 1.78. The van der Waals surface area contributed by atoms with E-state index in [1.54, 1.807) is 24.3 Å². The highest BCUT2D eigenvalue weighted by molar-refractivity contribution is 6.04. The minimum Gasteiger partial charge on any atom is -0.449 e. The highest BCUT2D eigenvalue weighted by Gasteiger charge is 2.23. The third-order valence-electron chi connectivity index (χ3n) is 3.52. The van der Waals surface area contributed by atoms with Crippen molar-refractivity contribution in [1.29, 1.82) is 0 Å². The van der Waals surface area contributed by atoms with E-state index in [9.17, 15) is 18.4 Å². The molecule has 0 spiro atoms. The van der Waals surface area contributed by atoms with Gasteiger partial charge in [-0.05, 0) is 31.2 Å². The Morgan fingerprint density at radius 3 is 2.62 bits per heavy atom. The van der Waals surface area contributed by atoms with Crippen LogP contribution < -0.4 is 0 Å². The van der Waals surface area contributed by atoms with Gasteiger partial charge in [-0.25, -0.2) is 13.6 Å². The summed E-state index contributed by atoms with van der Waals surface area (Å²) in [4.78, 5) is 24.4. The van der Waals surface area contributed by atoms with E-state index < -0.39 is 29.5 Å². The van der Waals surface area contributed by atoms with Crippen LogP contribution in [-0.4, -0.2) is 28.1 Å². The maximum atomic E-state index is 13.2. The van der Waals surface area contributed by atoms with Gasteiger partial charge in [0.2, 0.25) is 5.78 Å². The van der Waals surface area contributed by atoms with E-state index in [1.807, 2.05) is 0 Å². The zero-order valence-corrected chi connectivity index (χ0v) is 12.5. The molecule has 1 N–H and O–H groups in total. The highest BCUT2D eigenvalue weighted by Crippen LogP contribution is 2.18. The first-order valence-electron chi connectivity index (χ1n) is 7.10. The Morgan fingerprint density at radius 1 is 1.12 bits per heavy atom. The molecule has 0 aliphatic rings. The van der Waals surface area contributed by atoms with Crippen molar-refractivity contribution in [2.24, 2.45) is 0 Å². The Labute approximate surface area is 135 Å². The van der Waals surface area contributed by atoms with Crippen molar-refractivity contribution in [3.63, 3.8) is 0 Å². The van der Waals surface area contributed by atoms with Crippen LogP contribution in [0.25, 0.3) is 10.9 Å². The van der Waals surface area contributed by atoms with Crippen molar-refractivity contribution in [3.8, 4) is 0 Å². The molecule has 0 saturated heterocycles. The lowest BCUT2D eigenvalue weighted by Gasteiger charge is -2.11. The van der Waals surface area contributed by atoms with Gasteiger partial charge in [0.15, 0.2) is 23.4 Å². The van der Waals surface area contributed by atoms with Gasteiger partial charge in [-0.1, -0.05) is 18.2 Å². The average molecular weight is 330 g/mol. The fraction of sp³-hybridized carbons (Fsp3) is 0.118. The van der Waals surface area contributed by atoms with Gasteiger partial charge >= 0.3 is 5.97 Å². The molecule has 0 fully saturated rings. The number of halogens is 2. The molecular weight excluding hydrogens is 318 g/mol. The number of aromatic nitrogens is 2. The van der Waals surface area contributed by atoms with E-state index in [-0.39, 0.29) is 11.3 Å². The predicted molar refractivity (Wildman–Crippen MR) is 81.7 cm³/mol. The molecule has 0 amide bonds. The summed E-state index contributed by atoms with van der Waals surface area (Å²) in [5.41, 5.74) is 0.626. The topological polar surface area (TPSA) is 72.0 Å². The quantitative estimate of drug-likeness (QED) is 0.589. The van der Waals surface area contributed by atoms with E-state index in [1.165, 1.54) is 6.92 Å². The zero-order chi connectivity index (χ0) is 17.3. The van der Waals surface area contributed by atoms with Crippen LogP contribution in [0.4, 0.5) is 8.78 Å². The van der Waals surface area contributed by atoms with Gasteiger partial charge in [0.25, 0.3) is 0 Å². The molecular formula is C17H12F2N2O3. The summed E-state index contributed by atoms with van der Waals surface area (Å²) in [6.45, 7) is 1.36. The van der Waals surface area contributed by atoms with Gasteiger partial charge in [-0.15, -0.1) is 0 Å². The van der Waals surface area contributed by atoms with Gasteiger partial charge in [-0.2, -0.15) is 5.10 Å². The molecule has 0 radical (unpaired) electrons. The highest BCUT2D eigenvalue weighted by atomic mass is 19.2. The van der Waals surface area contributed by atoms with Gasteiger partial charge in [0, 0.05) is 10.9 Å². The fourth-order valence-corrected chi connectivity index (χ4v) is 2.27. The van der Waals surface area contributed by atoms with Crippen LogP contribution in [0.3, 0.4) is 0 Å². The monoisotopic (exact) mass is 330 g/mol. The number of aromatic amines is 1. The van der Waals surface area contributed by atoms with E-state index >= 15 is 0 Å². The van der Waals surface area contributed by atoms with Crippen LogP contribution in [0.1, 0.15) is 27.8 Å². The number of nitrogens with one attached hydrogen (secondary N) is 1. The van der Waals surface area contributed by atoms with Crippen LogP contribution in [0, 0.1) is 11.6 Å². The van der Waals surface area contributed by atoms with Crippen LogP contribution in [0.5, 0.6) is 0 Å². The number of hydrogen-bond donors (Lipinski definition) is 1. The third kappa shape index (κ3) is 2.88. The largest absolute Gasteiger partial charge is 0.449 e. The Kier molecular flexibility index (Phi) is 4.07. The molecule has 0 saturated carbocycles. The second-order valence-corrected chi connectivity index (χ2v) is 5.16. The number of para-hydroxylation sites is 1. The number of carbonyl (C=O) groups is 2. The Hall–Kier alpha value is -3.09. The summed E-state index contributed by atoms with van der Waals surface area (Å²) in [5, 5.41) is 7.14. The average Bonchev–Trinajstić information content (AvgIpc) is 3.00. The van der Waals surface area contributed by atoms with Crippen LogP contribution >= 0.6 is 0 Å². The number of carbonyl (C=O) groups excluding carboxylic acids is 2. The van der Waals surface area contributed by atoms with Crippen molar-refractivity contribution in [2.45, 2.75) is 13.0 Å². The summed E-state index contributed by atoms with van der Waals surface area (Å²) in [7, 11) is 0. The lowest BCUT2D eigenvalue weighted by atomic mass is 10.1. The zero-order valence-electron chi connectivity index (χ0n) is 12.5. The number of rotatable bonds is 4. The smallest absolute Gasteiger partial charge is 0.360 e. The molecule has 2 aromatic carbocycles. The molecule has 3 rings (SSSR count). The van der Waals surface area contributed by atoms with Gasteiger partial charge in [-0.3, -0.25) is 9.89 Å². The number of esters is 1. The minimum atomic E-state index is -1.17. The van der Waals surface area contributed by atoms with E-state index in [2.05, 4.69) is 10.2 Å². The fourth-order valence-electron chi connectivity index (χ4n) is 2.27. The van der Waals surface area contributed by atoms with E-state index in [0.717, 1.165) is 18.2 Å². The molecule has 0 aliphatic carbocycles. The molecule has 1 heterocycles. The van der Waals surface area contributed by atoms with Crippen molar-refractivity contribution >= 4 is 22.7 Å². The van der Waals surface area contributed by atoms with Crippen LogP contribution in [-0.2, 0) is 4.74 Å². The summed E-state index contributed by atoms with van der Waals surface area (Å²) in [6.07, 6.45) is -1.17. The predicted octanol–water partition coefficient (Wildman–Crippen LogP) is 3.27. The van der Waals surface area contributed by atoms with Crippen molar-refractivity contribution in [1.82, 2.24) is 10.2 Å². The minimum absolute atomic E-state index is 0.0514. The summed E-state index contributed by atoms with van der Waals surface area (Å²) < 4.78 is 31.2. The molecule has 7 heteroatoms. The van der Waals surface area contributed by atoms with E-state index in [4.69, 9.17) is 4.74 Å². The van der Waals surface area contributed by atoms with Gasteiger partial charge in [0.1, 0.15) is 0 Å². The molecule has 24 heavy (non-hydrogen) atoms. The van der Waals surface area contributed by atoms with E-state index in [0.29, 0.717) is 10.9 Å². The lowest BCUT2D eigenvalue weighted by Crippen LogP contribution is -2.25. The van der Waals surface area contributed by atoms with Gasteiger partial charge < -0.3 is 4.74 Å². The number of hydrogen-bond acceptors (Lipinski definition) is 4. The van der Waals surface area contributed by atoms with Crippen molar-refractivity contribution in [3.05, 3.63) is 65.4 Å². The molecule has 3 aromatic rings. The molecule has 5 nitrogen and oxygen atoms in total. The third-order valence-corrected chi connectivity index (χ3v) is 3.52. The number of benzene rings is 2. The molecule has 122 valence electrons. The maximum Gasteiger partial charge on any atom is 0.360 e. The number of Topliss-reactive ketones (excluding diaryl/α,β-unsaturated/α-hetero) is 1. The van der Waals surface area contributed by atoms with Crippen LogP contribution in [0.2, 0.25) is 0 Å². The first kappa shape index (κ1) is 15.8. The maximum absolute atomic E-state index is 13.2. The number of nitrogens with zero attached hydrogens (tertiary/aromatic N) is 1. The van der Waals surface area contributed by atoms with Crippen molar-refractivity contribution < 1.29 is 23.1 Å². The van der Waals surface area contributed by atoms with Crippen molar-refractivity contribution in [2.75, 3.05) is 0 Å². The standard InChI is InChI=1S/C17H12F2N2O3/c1-9(16(22)10-6-7-12(18)13(19)8-10)24-17(23)15-11-4-2-3-5-14(11)20-21-15/h2-9H,1H3,(H,20,21). The number of ketones is 1. The first-order chi connectivity index (χ1) is 11.5. The first-order valence-corrected chi connectivity index (χ1v) is 7.10. The second kappa shape index (κ2) is 6.19. The lowest BCUT2D eigenvalue weighted by molar-refractivity contribution is 0.0315. The SMILES string of the molecule is CC(OC(=O)c1n[nH]c2ccccc12)C(=O)c1ccc(F)c(F)c1. The Bertz CT molecular complexity index is 936. The number of H-pyrrole nitrogens is 1. The number of ether oxygens (including phenoxy) is 1. The molecule has 1 aromatic heterocycles. The molecule has 1 atom stereocenters. The molecule has 0 bridgehead atoms. The second-order valence-electron chi connectivity index (χ2n) is 5.16. The normalized spacial score (nSPS) is 12.1. The summed E-state index contributed by atoms with van der Waals surface area (Å²) in [6, 6.07) is 9.71. The Morgan fingerprint density at radius 2 is 1.88 bits per heavy atom. The summed E-state index contributed by atoms with van der Waals surface area (Å²) >= 11 is 0. The summed E-state index contributed by atoms with van der Waals surface area (Å²) in [5.74, 6) is -3.62. The number of fused-ring (bicyclic) bond motifs is 1. The van der Waals surface area contributed by atoms with Gasteiger partial charge in [0.05, 0.1) is 5.52 Å². The van der Waals surface area contributed by atoms with Crippen LogP contribution in [0.15, 0.2) is 42.5 Å². The molecule has 1 unspecified atom stereocenters.